The van der Waals surface area contributed by atoms with Gasteiger partial charge in [0, 0.05) is 0 Å². The van der Waals surface area contributed by atoms with Crippen molar-refractivity contribution in [3.8, 4) is 0 Å². The molecule has 0 spiro atoms. The largest absolute Gasteiger partial charge is 1.00 e. The topological polar surface area (TPSA) is 0 Å². The van der Waals surface area contributed by atoms with Gasteiger partial charge in [0.05, 0.1) is 0 Å². The summed E-state index contributed by atoms with van der Waals surface area (Å²) in [6.45, 7) is 10.6. The molecule has 0 aromatic carbocycles. The molecule has 0 heterocycles. The molecule has 58 valence electrons. The molecule has 11 heavy (non-hydrogen) atoms. The quantitative estimate of drug-likeness (QED) is 0.283. The molecule has 0 bridgehead atoms. The first-order valence-corrected chi connectivity index (χ1v) is 3.65. The zero-order valence-corrected chi connectivity index (χ0v) is 8.65. The zero-order valence-electron chi connectivity index (χ0n) is 8.65. The van der Waals surface area contributed by atoms with Crippen LogP contribution < -0.4 is 18.9 Å². The molecule has 0 aliphatic heterocycles. The van der Waals surface area contributed by atoms with E-state index in [0.717, 1.165) is 0 Å². The summed E-state index contributed by atoms with van der Waals surface area (Å²) in [4.78, 5) is 0. The van der Waals surface area contributed by atoms with E-state index in [2.05, 4.69) is 39.8 Å². The van der Waals surface area contributed by atoms with Crippen LogP contribution in [0.3, 0.4) is 0 Å². The summed E-state index contributed by atoms with van der Waals surface area (Å²) in [5.41, 5.74) is 1.58. The summed E-state index contributed by atoms with van der Waals surface area (Å²) in [5.74, 6) is 0. The van der Waals surface area contributed by atoms with Crippen LogP contribution in [0.4, 0.5) is 0 Å². The monoisotopic (exact) mass is 144 g/mol. The standard InChI is InChI=1S/C10H17.Li/c1-6-7-9(2)8-10(3,4)5;/h7-8H,1-5H3;/q-1;+1/b9-8+;. The molecule has 0 rings (SSSR count). The summed E-state index contributed by atoms with van der Waals surface area (Å²) < 4.78 is 0. The Balaban J connectivity index is 0. The van der Waals surface area contributed by atoms with Crippen LogP contribution in [0.15, 0.2) is 17.7 Å². The van der Waals surface area contributed by atoms with Gasteiger partial charge >= 0.3 is 18.9 Å². The maximum Gasteiger partial charge on any atom is 1.00 e. The van der Waals surface area contributed by atoms with E-state index in [-0.39, 0.29) is 24.3 Å². The summed E-state index contributed by atoms with van der Waals surface area (Å²) >= 11 is 0. The predicted octanol–water partition coefficient (Wildman–Crippen LogP) is 0.362. The molecule has 1 heteroatoms. The average Bonchev–Trinajstić information content (AvgIpc) is 1.59. The van der Waals surface area contributed by atoms with E-state index < -0.39 is 0 Å². The number of hydrogen-bond donors (Lipinski definition) is 0. The minimum absolute atomic E-state index is 0. The second-order valence-electron chi connectivity index (χ2n) is 3.69. The maximum absolute atomic E-state index is 3.00. The molecule has 0 fully saturated rings. The van der Waals surface area contributed by atoms with Crippen LogP contribution in [-0.4, -0.2) is 0 Å². The molecule has 0 radical (unpaired) electrons. The van der Waals surface area contributed by atoms with E-state index >= 15 is 0 Å². The molecular formula is C10H17Li. The summed E-state index contributed by atoms with van der Waals surface area (Å²) in [6, 6.07) is 0. The van der Waals surface area contributed by atoms with Gasteiger partial charge in [-0.1, -0.05) is 20.8 Å². The maximum atomic E-state index is 3.00. The molecular weight excluding hydrogens is 127 g/mol. The van der Waals surface area contributed by atoms with Crippen molar-refractivity contribution in [1.29, 1.82) is 0 Å². The van der Waals surface area contributed by atoms with E-state index in [1.54, 1.807) is 0 Å². The molecule has 0 atom stereocenters. The smallest absolute Gasteiger partial charge is 0.278 e. The average molecular weight is 144 g/mol. The molecule has 0 aliphatic carbocycles. The van der Waals surface area contributed by atoms with Gasteiger partial charge in [0.1, 0.15) is 0 Å². The van der Waals surface area contributed by atoms with Crippen LogP contribution in [0, 0.1) is 11.5 Å². The fourth-order valence-corrected chi connectivity index (χ4v) is 0.952. The van der Waals surface area contributed by atoms with E-state index in [0.29, 0.717) is 0 Å². The Morgan fingerprint density at radius 3 is 2.00 bits per heavy atom. The summed E-state index contributed by atoms with van der Waals surface area (Å²) in [7, 11) is 0. The van der Waals surface area contributed by atoms with Gasteiger partial charge in [0.15, 0.2) is 0 Å². The summed E-state index contributed by atoms with van der Waals surface area (Å²) in [5, 5.41) is 0. The van der Waals surface area contributed by atoms with Crippen molar-refractivity contribution >= 4 is 0 Å². The molecule has 0 aromatic rings. The molecule has 0 aliphatic rings. The van der Waals surface area contributed by atoms with Gasteiger partial charge < -0.3 is 0 Å². The van der Waals surface area contributed by atoms with Crippen LogP contribution >= 0.6 is 0 Å². The van der Waals surface area contributed by atoms with Gasteiger partial charge in [-0.25, -0.2) is 11.6 Å². The number of hydrogen-bond acceptors (Lipinski definition) is 0. The second kappa shape index (κ2) is 5.69. The molecule has 0 N–H and O–H groups in total. The van der Waals surface area contributed by atoms with Crippen LogP contribution in [0.5, 0.6) is 0 Å². The van der Waals surface area contributed by atoms with E-state index in [4.69, 9.17) is 0 Å². The van der Waals surface area contributed by atoms with Crippen LogP contribution in [0.2, 0.25) is 0 Å². The normalized spacial score (nSPS) is 13.4. The first-order chi connectivity index (χ1) is 4.45. The van der Waals surface area contributed by atoms with E-state index in [9.17, 15) is 0 Å². The second-order valence-corrected chi connectivity index (χ2v) is 3.69. The van der Waals surface area contributed by atoms with Gasteiger partial charge in [-0.3, -0.25) is 6.08 Å². The molecule has 0 unspecified atom stereocenters. The molecule has 0 saturated heterocycles. The van der Waals surface area contributed by atoms with Crippen molar-refractivity contribution in [1.82, 2.24) is 0 Å². The Morgan fingerprint density at radius 2 is 1.73 bits per heavy atom. The SMILES string of the molecule is C[C-]=C/C(C)=C/C(C)(C)C.[Li+]. The fraction of sp³-hybridized carbons (Fsp3) is 0.600. The van der Waals surface area contributed by atoms with Crippen LogP contribution in [-0.2, 0) is 0 Å². The van der Waals surface area contributed by atoms with Crippen LogP contribution in [0.1, 0.15) is 34.6 Å². The van der Waals surface area contributed by atoms with Crippen molar-refractivity contribution in [2.45, 2.75) is 34.6 Å². The molecule has 0 aromatic heterocycles. The van der Waals surface area contributed by atoms with Crippen molar-refractivity contribution in [2.24, 2.45) is 5.41 Å². The van der Waals surface area contributed by atoms with Crippen molar-refractivity contribution in [2.75, 3.05) is 0 Å². The Morgan fingerprint density at radius 1 is 1.27 bits per heavy atom. The molecule has 0 saturated carbocycles. The van der Waals surface area contributed by atoms with Crippen molar-refractivity contribution in [3.63, 3.8) is 0 Å². The Bertz CT molecular complexity index is 147. The van der Waals surface area contributed by atoms with Gasteiger partial charge in [0.25, 0.3) is 0 Å². The fourth-order valence-electron chi connectivity index (χ4n) is 0.952. The first-order valence-electron chi connectivity index (χ1n) is 3.65. The van der Waals surface area contributed by atoms with Gasteiger partial charge in [-0.2, -0.15) is 6.08 Å². The minimum Gasteiger partial charge on any atom is -0.278 e. The van der Waals surface area contributed by atoms with E-state index in [1.165, 1.54) is 5.57 Å². The van der Waals surface area contributed by atoms with E-state index in [1.807, 2.05) is 13.0 Å². The zero-order chi connectivity index (χ0) is 8.20. The Hall–Kier alpha value is 0.0774. The third-order valence-corrected chi connectivity index (χ3v) is 1.03. The van der Waals surface area contributed by atoms with Gasteiger partial charge in [-0.05, 0) is 5.41 Å². The van der Waals surface area contributed by atoms with Crippen molar-refractivity contribution < 1.29 is 18.9 Å². The first kappa shape index (κ1) is 13.7. The number of allylic oxidation sites excluding steroid dienone is 4. The minimum atomic E-state index is 0. The van der Waals surface area contributed by atoms with Gasteiger partial charge in [0.2, 0.25) is 0 Å². The Labute approximate surface area is 82.9 Å². The number of rotatable bonds is 1. The third kappa shape index (κ3) is 10.1. The van der Waals surface area contributed by atoms with Crippen molar-refractivity contribution in [3.05, 3.63) is 23.8 Å². The molecule has 0 nitrogen and oxygen atoms in total. The van der Waals surface area contributed by atoms with Gasteiger partial charge in [-0.15, -0.1) is 13.8 Å². The summed E-state index contributed by atoms with van der Waals surface area (Å²) in [6.07, 6.45) is 7.24. The van der Waals surface area contributed by atoms with Crippen LogP contribution in [0.25, 0.3) is 0 Å². The third-order valence-electron chi connectivity index (χ3n) is 1.03. The predicted molar refractivity (Wildman–Crippen MR) is 46.7 cm³/mol. The Kier molecular flexibility index (Phi) is 7.07. The molecule has 0 amide bonds.